The summed E-state index contributed by atoms with van der Waals surface area (Å²) in [6.45, 7) is 5.15. The molecule has 1 heterocycles. The van der Waals surface area contributed by atoms with Gasteiger partial charge in [-0.1, -0.05) is 31.3 Å². The molecule has 0 bridgehead atoms. The highest BCUT2D eigenvalue weighted by atomic mass is 16.5. The number of unbranched alkanes of at least 4 members (excludes halogenated alkanes) is 3. The molecule has 0 saturated heterocycles. The minimum absolute atomic E-state index is 0.328. The summed E-state index contributed by atoms with van der Waals surface area (Å²) in [7, 11) is 0. The lowest BCUT2D eigenvalue weighted by atomic mass is 10.2. The monoisotopic (exact) mass is 239 g/mol. The molecule has 0 aromatic carbocycles. The van der Waals surface area contributed by atoms with Gasteiger partial charge in [-0.05, 0) is 13.3 Å². The van der Waals surface area contributed by atoms with Crippen molar-refractivity contribution in [1.82, 2.24) is 15.5 Å². The Balaban J connectivity index is 2.16. The number of rotatable bonds is 7. The van der Waals surface area contributed by atoms with E-state index in [-0.39, 0.29) is 0 Å². The standard InChI is InChI=1S/C11H21N5O/c1-3-4-5-6-7-13-11(12)14-8-10-15-9(2)16-17-10/h3-8H2,1-2H3,(H3,12,13,14). The highest BCUT2D eigenvalue weighted by molar-refractivity contribution is 5.77. The molecule has 0 saturated carbocycles. The van der Waals surface area contributed by atoms with E-state index in [1.165, 1.54) is 19.3 Å². The van der Waals surface area contributed by atoms with Gasteiger partial charge >= 0.3 is 0 Å². The number of aromatic nitrogens is 2. The van der Waals surface area contributed by atoms with Crippen molar-refractivity contribution in [2.75, 3.05) is 6.54 Å². The molecular formula is C11H21N5O. The number of nitrogens with one attached hydrogen (secondary N) is 1. The fourth-order valence-corrected chi connectivity index (χ4v) is 1.38. The summed E-state index contributed by atoms with van der Waals surface area (Å²) in [4.78, 5) is 8.15. The van der Waals surface area contributed by atoms with Crippen molar-refractivity contribution in [2.45, 2.75) is 46.1 Å². The number of hydrogen-bond donors (Lipinski definition) is 2. The fraction of sp³-hybridized carbons (Fsp3) is 0.727. The maximum Gasteiger partial charge on any atom is 0.248 e. The highest BCUT2D eigenvalue weighted by Gasteiger charge is 2.00. The average Bonchev–Trinajstić information content (AvgIpc) is 2.72. The molecule has 0 fully saturated rings. The van der Waals surface area contributed by atoms with Crippen molar-refractivity contribution in [1.29, 1.82) is 0 Å². The Hall–Kier alpha value is -1.59. The van der Waals surface area contributed by atoms with E-state index in [1.54, 1.807) is 6.92 Å². The number of aliphatic imine (C=N–C) groups is 1. The van der Waals surface area contributed by atoms with Gasteiger partial charge in [-0.15, -0.1) is 0 Å². The minimum atomic E-state index is 0.328. The molecule has 3 N–H and O–H groups in total. The summed E-state index contributed by atoms with van der Waals surface area (Å²) < 4.78 is 4.92. The maximum absolute atomic E-state index is 5.69. The zero-order valence-corrected chi connectivity index (χ0v) is 10.6. The lowest BCUT2D eigenvalue weighted by Gasteiger charge is -2.04. The number of nitrogens with two attached hydrogens (primary N) is 1. The highest BCUT2D eigenvalue weighted by Crippen LogP contribution is 1.98. The molecule has 0 amide bonds. The minimum Gasteiger partial charge on any atom is -0.370 e. The predicted octanol–water partition coefficient (Wildman–Crippen LogP) is 1.36. The van der Waals surface area contributed by atoms with Crippen LogP contribution in [0.3, 0.4) is 0 Å². The quantitative estimate of drug-likeness (QED) is 0.426. The van der Waals surface area contributed by atoms with Gasteiger partial charge in [0.2, 0.25) is 5.89 Å². The van der Waals surface area contributed by atoms with Crippen molar-refractivity contribution < 1.29 is 4.52 Å². The van der Waals surface area contributed by atoms with E-state index in [4.69, 9.17) is 10.3 Å². The third-order valence-electron chi connectivity index (χ3n) is 2.29. The first kappa shape index (κ1) is 13.5. The van der Waals surface area contributed by atoms with Gasteiger partial charge < -0.3 is 15.6 Å². The Labute approximate surface area is 102 Å². The molecular weight excluding hydrogens is 218 g/mol. The second kappa shape index (κ2) is 7.65. The van der Waals surface area contributed by atoms with Crippen molar-refractivity contribution in [3.63, 3.8) is 0 Å². The molecule has 1 aromatic heterocycles. The Morgan fingerprint density at radius 3 is 2.88 bits per heavy atom. The second-order valence-electron chi connectivity index (χ2n) is 3.92. The molecule has 0 aliphatic heterocycles. The van der Waals surface area contributed by atoms with E-state index in [0.29, 0.717) is 24.2 Å². The van der Waals surface area contributed by atoms with Crippen LogP contribution in [-0.2, 0) is 6.54 Å². The van der Waals surface area contributed by atoms with Crippen molar-refractivity contribution >= 4 is 5.96 Å². The van der Waals surface area contributed by atoms with Gasteiger partial charge in [0.15, 0.2) is 11.8 Å². The molecule has 0 atom stereocenters. The molecule has 1 rings (SSSR count). The second-order valence-corrected chi connectivity index (χ2v) is 3.92. The smallest absolute Gasteiger partial charge is 0.248 e. The van der Waals surface area contributed by atoms with Gasteiger partial charge in [0, 0.05) is 6.54 Å². The van der Waals surface area contributed by atoms with Crippen molar-refractivity contribution in [2.24, 2.45) is 10.7 Å². The van der Waals surface area contributed by atoms with Crippen LogP contribution >= 0.6 is 0 Å². The normalized spacial score (nSPS) is 11.8. The van der Waals surface area contributed by atoms with E-state index in [2.05, 4.69) is 27.4 Å². The average molecular weight is 239 g/mol. The topological polar surface area (TPSA) is 89.3 Å². The maximum atomic E-state index is 5.69. The van der Waals surface area contributed by atoms with Gasteiger partial charge in [0.05, 0.1) is 0 Å². The van der Waals surface area contributed by atoms with Gasteiger partial charge in [0.25, 0.3) is 0 Å². The van der Waals surface area contributed by atoms with Crippen LogP contribution in [0.15, 0.2) is 9.52 Å². The van der Waals surface area contributed by atoms with Crippen LogP contribution in [0, 0.1) is 6.92 Å². The molecule has 0 unspecified atom stereocenters. The third kappa shape index (κ3) is 5.89. The van der Waals surface area contributed by atoms with Crippen LogP contribution in [0.4, 0.5) is 0 Å². The molecule has 0 radical (unpaired) electrons. The van der Waals surface area contributed by atoms with E-state index >= 15 is 0 Å². The van der Waals surface area contributed by atoms with Crippen LogP contribution in [0.5, 0.6) is 0 Å². The molecule has 17 heavy (non-hydrogen) atoms. The van der Waals surface area contributed by atoms with E-state index < -0.39 is 0 Å². The molecule has 0 aliphatic rings. The van der Waals surface area contributed by atoms with Crippen LogP contribution in [0.1, 0.15) is 44.3 Å². The predicted molar refractivity (Wildman–Crippen MR) is 66.5 cm³/mol. The summed E-state index contributed by atoms with van der Waals surface area (Å²) in [5.41, 5.74) is 5.69. The first-order valence-electron chi connectivity index (χ1n) is 6.05. The third-order valence-corrected chi connectivity index (χ3v) is 2.29. The fourth-order valence-electron chi connectivity index (χ4n) is 1.38. The number of aryl methyl sites for hydroxylation is 1. The first-order valence-corrected chi connectivity index (χ1v) is 6.05. The Kier molecular flexibility index (Phi) is 6.06. The summed E-state index contributed by atoms with van der Waals surface area (Å²) in [5, 5.41) is 6.73. The van der Waals surface area contributed by atoms with Crippen LogP contribution < -0.4 is 11.1 Å². The summed E-state index contributed by atoms with van der Waals surface area (Å²) in [5.74, 6) is 1.52. The Bertz CT molecular complexity index is 347. The lowest BCUT2D eigenvalue weighted by Crippen LogP contribution is -2.32. The van der Waals surface area contributed by atoms with E-state index in [1.807, 2.05) is 0 Å². The van der Waals surface area contributed by atoms with Gasteiger partial charge in [-0.2, -0.15) is 4.98 Å². The van der Waals surface area contributed by atoms with E-state index in [0.717, 1.165) is 13.0 Å². The molecule has 1 aromatic rings. The van der Waals surface area contributed by atoms with Crippen molar-refractivity contribution in [3.05, 3.63) is 11.7 Å². The Morgan fingerprint density at radius 2 is 2.24 bits per heavy atom. The molecule has 6 nitrogen and oxygen atoms in total. The summed E-state index contributed by atoms with van der Waals surface area (Å²) in [6.07, 6.45) is 4.84. The Morgan fingerprint density at radius 1 is 1.41 bits per heavy atom. The first-order chi connectivity index (χ1) is 8.22. The summed E-state index contributed by atoms with van der Waals surface area (Å²) in [6, 6.07) is 0. The van der Waals surface area contributed by atoms with Gasteiger partial charge in [0.1, 0.15) is 6.54 Å². The van der Waals surface area contributed by atoms with Crippen LogP contribution in [0.2, 0.25) is 0 Å². The molecule has 0 spiro atoms. The van der Waals surface area contributed by atoms with Crippen LogP contribution in [-0.4, -0.2) is 22.6 Å². The molecule has 96 valence electrons. The van der Waals surface area contributed by atoms with Gasteiger partial charge in [-0.3, -0.25) is 0 Å². The lowest BCUT2D eigenvalue weighted by molar-refractivity contribution is 0.376. The summed E-state index contributed by atoms with van der Waals surface area (Å²) >= 11 is 0. The zero-order chi connectivity index (χ0) is 12.5. The SMILES string of the molecule is CCCCCCNC(N)=NCc1nc(C)no1. The number of nitrogens with zero attached hydrogens (tertiary/aromatic N) is 3. The van der Waals surface area contributed by atoms with Crippen molar-refractivity contribution in [3.8, 4) is 0 Å². The molecule has 0 aliphatic carbocycles. The molecule has 6 heteroatoms. The van der Waals surface area contributed by atoms with Gasteiger partial charge in [-0.25, -0.2) is 4.99 Å². The van der Waals surface area contributed by atoms with Crippen LogP contribution in [0.25, 0.3) is 0 Å². The van der Waals surface area contributed by atoms with E-state index in [9.17, 15) is 0 Å². The number of hydrogen-bond acceptors (Lipinski definition) is 4. The zero-order valence-electron chi connectivity index (χ0n) is 10.6. The largest absolute Gasteiger partial charge is 0.370 e. The number of guanidine groups is 1.